The summed E-state index contributed by atoms with van der Waals surface area (Å²) in [5.41, 5.74) is 5.31. The van der Waals surface area contributed by atoms with E-state index in [1.54, 1.807) is 0 Å². The molecule has 0 unspecified atom stereocenters. The molecule has 4 nitrogen and oxygen atoms in total. The lowest BCUT2D eigenvalue weighted by Gasteiger charge is -2.03. The topological polar surface area (TPSA) is 78.3 Å². The number of rotatable bonds is 8. The van der Waals surface area contributed by atoms with Crippen molar-refractivity contribution >= 4 is 17.9 Å². The average Bonchev–Trinajstić information content (AvgIpc) is 2.14. The molecular weight excluding hydrogens is 188 g/mol. The molecular formula is C8H18N2O2S. The number of unbranched alkanes of at least 4 members (excludes halogenated alkanes) is 2. The van der Waals surface area contributed by atoms with Crippen LogP contribution in [0.2, 0.25) is 0 Å². The highest BCUT2D eigenvalue weighted by Gasteiger charge is 2.00. The molecule has 0 radical (unpaired) electrons. The Morgan fingerprint density at radius 2 is 2.08 bits per heavy atom. The van der Waals surface area contributed by atoms with E-state index < -0.39 is 0 Å². The van der Waals surface area contributed by atoms with Crippen LogP contribution in [0.15, 0.2) is 0 Å². The summed E-state index contributed by atoms with van der Waals surface area (Å²) < 4.78 is 4.94. The normalized spacial score (nSPS) is 10.0. The van der Waals surface area contributed by atoms with E-state index in [-0.39, 0.29) is 5.97 Å². The highest BCUT2D eigenvalue weighted by molar-refractivity contribution is 7.97. The van der Waals surface area contributed by atoms with Crippen LogP contribution in [-0.2, 0) is 9.53 Å². The molecule has 0 saturated carbocycles. The zero-order valence-electron chi connectivity index (χ0n) is 7.83. The van der Waals surface area contributed by atoms with E-state index in [2.05, 4.69) is 0 Å². The lowest BCUT2D eigenvalue weighted by atomic mass is 10.2. The van der Waals surface area contributed by atoms with Crippen molar-refractivity contribution in [1.29, 1.82) is 0 Å². The molecule has 0 aliphatic rings. The van der Waals surface area contributed by atoms with Gasteiger partial charge in [-0.25, -0.2) is 0 Å². The smallest absolute Gasteiger partial charge is 0.306 e. The van der Waals surface area contributed by atoms with Crippen LogP contribution in [0.4, 0.5) is 0 Å². The van der Waals surface area contributed by atoms with E-state index in [0.29, 0.717) is 25.3 Å². The maximum absolute atomic E-state index is 10.9. The van der Waals surface area contributed by atoms with Crippen molar-refractivity contribution in [3.8, 4) is 0 Å². The molecule has 0 fully saturated rings. The summed E-state index contributed by atoms with van der Waals surface area (Å²) in [6, 6.07) is 0. The van der Waals surface area contributed by atoms with Crippen LogP contribution in [0.1, 0.15) is 25.7 Å². The van der Waals surface area contributed by atoms with Gasteiger partial charge in [0, 0.05) is 5.75 Å². The Labute approximate surface area is 83.5 Å². The Morgan fingerprint density at radius 1 is 1.31 bits per heavy atom. The number of hydrogen-bond acceptors (Lipinski definition) is 5. The second kappa shape index (κ2) is 9.83. The molecule has 5 heteroatoms. The number of hydrogen-bond donors (Lipinski definition) is 2. The van der Waals surface area contributed by atoms with E-state index in [4.69, 9.17) is 15.6 Å². The molecule has 0 aliphatic carbocycles. The van der Waals surface area contributed by atoms with E-state index in [1.165, 1.54) is 0 Å². The van der Waals surface area contributed by atoms with Gasteiger partial charge in [-0.2, -0.15) is 0 Å². The number of ether oxygens (including phenoxy) is 1. The standard InChI is InChI=1S/C8H18N2O2S/c9-5-2-1-3-6-12-8(11)4-7-13-10/h1-7,9-10H2. The highest BCUT2D eigenvalue weighted by atomic mass is 32.2. The van der Waals surface area contributed by atoms with Gasteiger partial charge < -0.3 is 10.5 Å². The second-order valence-corrected chi connectivity index (χ2v) is 3.43. The Balaban J connectivity index is 3.08. The van der Waals surface area contributed by atoms with Gasteiger partial charge in [-0.15, -0.1) is 0 Å². The SMILES string of the molecule is NCCCCCOC(=O)CCSN. The van der Waals surface area contributed by atoms with Gasteiger partial charge in [0.25, 0.3) is 0 Å². The monoisotopic (exact) mass is 206 g/mol. The molecule has 4 N–H and O–H groups in total. The third-order valence-corrected chi connectivity index (χ3v) is 1.98. The molecule has 0 aromatic rings. The zero-order chi connectivity index (χ0) is 9.94. The Hall–Kier alpha value is -0.260. The fraction of sp³-hybridized carbons (Fsp3) is 0.875. The minimum atomic E-state index is -0.161. The summed E-state index contributed by atoms with van der Waals surface area (Å²) in [5.74, 6) is 0.465. The Morgan fingerprint density at radius 3 is 2.69 bits per heavy atom. The van der Waals surface area contributed by atoms with Crippen molar-refractivity contribution in [2.24, 2.45) is 10.9 Å². The van der Waals surface area contributed by atoms with Gasteiger partial charge in [0.15, 0.2) is 0 Å². The molecule has 0 aliphatic heterocycles. The van der Waals surface area contributed by atoms with Gasteiger partial charge in [0.1, 0.15) is 0 Å². The third kappa shape index (κ3) is 9.66. The largest absolute Gasteiger partial charge is 0.466 e. The molecule has 13 heavy (non-hydrogen) atoms. The van der Waals surface area contributed by atoms with Crippen molar-refractivity contribution in [1.82, 2.24) is 0 Å². The first kappa shape index (κ1) is 12.7. The fourth-order valence-electron chi connectivity index (χ4n) is 0.824. The van der Waals surface area contributed by atoms with Gasteiger partial charge in [-0.3, -0.25) is 9.93 Å². The van der Waals surface area contributed by atoms with Gasteiger partial charge in [-0.05, 0) is 25.8 Å². The number of carbonyl (C=O) groups is 1. The lowest BCUT2D eigenvalue weighted by molar-refractivity contribution is -0.143. The average molecular weight is 206 g/mol. The van der Waals surface area contributed by atoms with Gasteiger partial charge in [0.05, 0.1) is 13.0 Å². The maximum Gasteiger partial charge on any atom is 0.306 e. The van der Waals surface area contributed by atoms with Crippen LogP contribution in [0, 0.1) is 0 Å². The third-order valence-electron chi connectivity index (χ3n) is 1.54. The second-order valence-electron chi connectivity index (χ2n) is 2.69. The molecule has 0 atom stereocenters. The predicted octanol–water partition coefficient (Wildman–Crippen LogP) is 0.656. The maximum atomic E-state index is 10.9. The minimum absolute atomic E-state index is 0.161. The quantitative estimate of drug-likeness (QED) is 0.346. The van der Waals surface area contributed by atoms with Crippen molar-refractivity contribution in [3.63, 3.8) is 0 Å². The van der Waals surface area contributed by atoms with E-state index >= 15 is 0 Å². The summed E-state index contributed by atoms with van der Waals surface area (Å²) in [6.07, 6.45) is 3.32. The molecule has 0 heterocycles. The van der Waals surface area contributed by atoms with Crippen molar-refractivity contribution < 1.29 is 9.53 Å². The van der Waals surface area contributed by atoms with E-state index in [0.717, 1.165) is 31.2 Å². The zero-order valence-corrected chi connectivity index (χ0v) is 8.65. The van der Waals surface area contributed by atoms with Crippen LogP contribution in [0.5, 0.6) is 0 Å². The molecule has 0 amide bonds. The first-order chi connectivity index (χ1) is 6.31. The van der Waals surface area contributed by atoms with Crippen LogP contribution in [0.3, 0.4) is 0 Å². The van der Waals surface area contributed by atoms with Crippen LogP contribution >= 0.6 is 11.9 Å². The first-order valence-corrected chi connectivity index (χ1v) is 5.53. The summed E-state index contributed by atoms with van der Waals surface area (Å²) in [6.45, 7) is 1.21. The van der Waals surface area contributed by atoms with Crippen molar-refractivity contribution in [2.45, 2.75) is 25.7 Å². The minimum Gasteiger partial charge on any atom is -0.466 e. The van der Waals surface area contributed by atoms with Crippen molar-refractivity contribution in [2.75, 3.05) is 18.9 Å². The molecule has 0 aromatic carbocycles. The highest BCUT2D eigenvalue weighted by Crippen LogP contribution is 1.97. The lowest BCUT2D eigenvalue weighted by Crippen LogP contribution is -2.08. The molecule has 0 saturated heterocycles. The molecule has 0 aromatic heterocycles. The Kier molecular flexibility index (Phi) is 9.63. The van der Waals surface area contributed by atoms with E-state index in [1.807, 2.05) is 0 Å². The molecule has 0 bridgehead atoms. The van der Waals surface area contributed by atoms with Gasteiger partial charge in [0.2, 0.25) is 0 Å². The van der Waals surface area contributed by atoms with Crippen LogP contribution in [-0.4, -0.2) is 24.9 Å². The van der Waals surface area contributed by atoms with Crippen LogP contribution in [0.25, 0.3) is 0 Å². The number of nitrogens with two attached hydrogens (primary N) is 2. The number of esters is 1. The van der Waals surface area contributed by atoms with Gasteiger partial charge in [-0.1, -0.05) is 11.9 Å². The van der Waals surface area contributed by atoms with Gasteiger partial charge >= 0.3 is 5.97 Å². The first-order valence-electron chi connectivity index (χ1n) is 4.48. The predicted molar refractivity (Wildman–Crippen MR) is 55.1 cm³/mol. The molecule has 0 spiro atoms. The van der Waals surface area contributed by atoms with E-state index in [9.17, 15) is 4.79 Å². The summed E-state index contributed by atoms with van der Waals surface area (Å²) >= 11 is 1.16. The fourth-order valence-corrected chi connectivity index (χ4v) is 1.11. The summed E-state index contributed by atoms with van der Waals surface area (Å²) in [7, 11) is 0. The summed E-state index contributed by atoms with van der Waals surface area (Å²) in [4.78, 5) is 10.9. The van der Waals surface area contributed by atoms with Crippen LogP contribution < -0.4 is 10.9 Å². The molecule has 0 rings (SSSR count). The molecule has 78 valence electrons. The van der Waals surface area contributed by atoms with Crippen molar-refractivity contribution in [3.05, 3.63) is 0 Å². The number of carbonyl (C=O) groups excluding carboxylic acids is 1. The summed E-state index contributed by atoms with van der Waals surface area (Å²) in [5, 5.41) is 5.17. The Bertz CT molecular complexity index is 133.